The van der Waals surface area contributed by atoms with Crippen molar-refractivity contribution in [2.75, 3.05) is 0 Å². The van der Waals surface area contributed by atoms with Gasteiger partial charge in [-0.2, -0.15) is 0 Å². The molecule has 0 aliphatic carbocycles. The molecule has 0 bridgehead atoms. The van der Waals surface area contributed by atoms with Crippen molar-refractivity contribution in [1.82, 2.24) is 14.6 Å². The zero-order chi connectivity index (χ0) is 19.0. The first-order chi connectivity index (χ1) is 13.5. The quantitative estimate of drug-likeness (QED) is 0.442. The summed E-state index contributed by atoms with van der Waals surface area (Å²) in [5.41, 5.74) is 1.68. The van der Waals surface area contributed by atoms with E-state index in [1.165, 1.54) is 21.5 Å². The van der Waals surface area contributed by atoms with Crippen LogP contribution >= 0.6 is 11.3 Å². The summed E-state index contributed by atoms with van der Waals surface area (Å²) in [6.45, 7) is 0. The van der Waals surface area contributed by atoms with Crippen molar-refractivity contribution in [1.29, 1.82) is 0 Å². The van der Waals surface area contributed by atoms with E-state index >= 15 is 0 Å². The molecule has 0 saturated carbocycles. The van der Waals surface area contributed by atoms with E-state index in [-0.39, 0.29) is 4.34 Å². The lowest BCUT2D eigenvalue weighted by Crippen LogP contribution is -2.12. The molecule has 6 aromatic rings. The Morgan fingerprint density at radius 3 is 2.32 bits per heavy atom. The number of fused-ring (bicyclic) bond motifs is 1. The molecule has 6 rings (SSSR count). The maximum Gasteiger partial charge on any atom is 0.267 e. The number of nitrogens with zero attached hydrogens (tertiary/aromatic N) is 3. The highest BCUT2D eigenvalue weighted by Crippen LogP contribution is 2.39. The normalized spacial score (nSPS) is 12.8. The van der Waals surface area contributed by atoms with Gasteiger partial charge >= 0.3 is 0 Å². The lowest BCUT2D eigenvalue weighted by atomic mass is 9.91. The van der Waals surface area contributed by atoms with E-state index in [1.807, 2.05) is 6.07 Å². The minimum atomic E-state index is -3.87. The van der Waals surface area contributed by atoms with E-state index in [4.69, 9.17) is 5.14 Å². The number of primary sulfonamides is 1. The summed E-state index contributed by atoms with van der Waals surface area (Å²) in [6, 6.07) is 18.9. The minimum absolute atomic E-state index is 0.144. The third-order valence-electron chi connectivity index (χ3n) is 5.11. The van der Waals surface area contributed by atoms with Crippen LogP contribution < -0.4 is 5.14 Å². The molecule has 136 valence electrons. The van der Waals surface area contributed by atoms with Crippen LogP contribution in [0.25, 0.3) is 48.5 Å². The lowest BCUT2D eigenvalue weighted by molar-refractivity contribution is 0.595. The standard InChI is InChI=1S/C20H12N4O2S2/c21-28(25,26)20-23-24-16(10-22-19(24)27-20)14-8-6-13-5-4-11-2-1-3-12-7-9-15(14)18(13)17(11)12/h1-10H,(H2,21,25,26). The van der Waals surface area contributed by atoms with Gasteiger partial charge in [0.2, 0.25) is 9.30 Å². The van der Waals surface area contributed by atoms with Crippen LogP contribution in [0.2, 0.25) is 0 Å². The van der Waals surface area contributed by atoms with Crippen LogP contribution in [0.15, 0.2) is 65.1 Å². The topological polar surface area (TPSA) is 90.4 Å². The fourth-order valence-corrected chi connectivity index (χ4v) is 5.43. The Morgan fingerprint density at radius 1 is 0.893 bits per heavy atom. The Balaban J connectivity index is 1.73. The predicted octanol–water partition coefficient (Wildman–Crippen LogP) is 4.00. The molecule has 0 atom stereocenters. The van der Waals surface area contributed by atoms with Crippen molar-refractivity contribution >= 4 is 58.6 Å². The van der Waals surface area contributed by atoms with Gasteiger partial charge in [-0.05, 0) is 32.3 Å². The average molecular weight is 404 g/mol. The highest BCUT2D eigenvalue weighted by molar-refractivity contribution is 7.91. The molecule has 2 heterocycles. The number of hydrogen-bond acceptors (Lipinski definition) is 5. The average Bonchev–Trinajstić information content (AvgIpc) is 3.27. The zero-order valence-corrected chi connectivity index (χ0v) is 16.0. The van der Waals surface area contributed by atoms with Gasteiger partial charge in [-0.25, -0.2) is 23.1 Å². The van der Waals surface area contributed by atoms with Gasteiger partial charge in [0, 0.05) is 5.56 Å². The summed E-state index contributed by atoms with van der Waals surface area (Å²) >= 11 is 0.961. The largest absolute Gasteiger partial charge is 0.267 e. The van der Waals surface area contributed by atoms with Gasteiger partial charge in [-0.3, -0.25) is 0 Å². The second kappa shape index (κ2) is 5.26. The highest BCUT2D eigenvalue weighted by Gasteiger charge is 2.20. The molecule has 6 nitrogen and oxygen atoms in total. The molecular weight excluding hydrogens is 392 g/mol. The summed E-state index contributed by atoms with van der Waals surface area (Å²) in [4.78, 5) is 4.83. The second-order valence-corrected chi connectivity index (χ2v) is 9.41. The fourth-order valence-electron chi connectivity index (χ4n) is 3.93. The molecule has 8 heteroatoms. The number of aromatic nitrogens is 3. The van der Waals surface area contributed by atoms with Gasteiger partial charge in [0.1, 0.15) is 0 Å². The van der Waals surface area contributed by atoms with Crippen molar-refractivity contribution in [2.24, 2.45) is 5.14 Å². The maximum absolute atomic E-state index is 11.7. The summed E-state index contributed by atoms with van der Waals surface area (Å²) in [5, 5.41) is 16.5. The van der Waals surface area contributed by atoms with Gasteiger partial charge in [0.25, 0.3) is 10.0 Å². The summed E-state index contributed by atoms with van der Waals surface area (Å²) in [7, 11) is -3.87. The third-order valence-corrected chi connectivity index (χ3v) is 7.35. The van der Waals surface area contributed by atoms with Crippen LogP contribution in [0.5, 0.6) is 0 Å². The molecule has 0 spiro atoms. The highest BCUT2D eigenvalue weighted by atomic mass is 32.2. The van der Waals surface area contributed by atoms with Crippen LogP contribution in [0.4, 0.5) is 0 Å². The number of hydrogen-bond donors (Lipinski definition) is 1. The molecule has 0 amide bonds. The van der Waals surface area contributed by atoms with Gasteiger partial charge in [-0.15, -0.1) is 5.10 Å². The smallest absolute Gasteiger partial charge is 0.225 e. The second-order valence-electron chi connectivity index (χ2n) is 6.72. The zero-order valence-electron chi connectivity index (χ0n) is 14.3. The van der Waals surface area contributed by atoms with E-state index in [1.54, 1.807) is 10.7 Å². The first-order valence-electron chi connectivity index (χ1n) is 8.55. The molecular formula is C20H12N4O2S2. The Morgan fingerprint density at radius 2 is 1.57 bits per heavy atom. The Kier molecular flexibility index (Phi) is 2.99. The molecule has 0 aliphatic rings. The van der Waals surface area contributed by atoms with Crippen LogP contribution in [0.1, 0.15) is 0 Å². The van der Waals surface area contributed by atoms with Crippen LogP contribution in [0.3, 0.4) is 0 Å². The molecule has 0 aliphatic heterocycles. The minimum Gasteiger partial charge on any atom is -0.225 e. The summed E-state index contributed by atoms with van der Waals surface area (Å²) in [5.74, 6) is 0. The molecule has 2 aromatic heterocycles. The van der Waals surface area contributed by atoms with Gasteiger partial charge in [0.05, 0.1) is 11.9 Å². The molecule has 0 saturated heterocycles. The number of nitrogens with two attached hydrogens (primary N) is 1. The summed E-state index contributed by atoms with van der Waals surface area (Å²) in [6.07, 6.45) is 1.72. The van der Waals surface area contributed by atoms with Crippen molar-refractivity contribution in [3.63, 3.8) is 0 Å². The van der Waals surface area contributed by atoms with Crippen molar-refractivity contribution in [2.45, 2.75) is 4.34 Å². The first kappa shape index (κ1) is 15.9. The van der Waals surface area contributed by atoms with Crippen LogP contribution in [-0.2, 0) is 10.0 Å². The number of benzene rings is 4. The van der Waals surface area contributed by atoms with E-state index < -0.39 is 10.0 Å². The molecule has 4 aromatic carbocycles. The fraction of sp³-hybridized carbons (Fsp3) is 0. The van der Waals surface area contributed by atoms with E-state index in [0.717, 1.165) is 33.4 Å². The molecule has 0 fully saturated rings. The molecule has 0 unspecified atom stereocenters. The van der Waals surface area contributed by atoms with Crippen molar-refractivity contribution in [3.8, 4) is 11.3 Å². The van der Waals surface area contributed by atoms with Gasteiger partial charge in [-0.1, -0.05) is 65.9 Å². The molecule has 2 N–H and O–H groups in total. The van der Waals surface area contributed by atoms with E-state index in [2.05, 4.69) is 58.6 Å². The van der Waals surface area contributed by atoms with E-state index in [0.29, 0.717) is 4.96 Å². The molecule has 28 heavy (non-hydrogen) atoms. The third kappa shape index (κ3) is 2.07. The number of imidazole rings is 1. The Bertz CT molecular complexity index is 1630. The Hall–Kier alpha value is -3.07. The van der Waals surface area contributed by atoms with Crippen molar-refractivity contribution in [3.05, 3.63) is 60.8 Å². The van der Waals surface area contributed by atoms with Gasteiger partial charge in [0.15, 0.2) is 0 Å². The predicted molar refractivity (Wildman–Crippen MR) is 111 cm³/mol. The Labute approximate surface area is 163 Å². The van der Waals surface area contributed by atoms with E-state index in [9.17, 15) is 8.42 Å². The lowest BCUT2D eigenvalue weighted by Gasteiger charge is -2.13. The van der Waals surface area contributed by atoms with Crippen LogP contribution in [0, 0.1) is 0 Å². The first-order valence-corrected chi connectivity index (χ1v) is 10.9. The summed E-state index contributed by atoms with van der Waals surface area (Å²) < 4.78 is 24.8. The van der Waals surface area contributed by atoms with Crippen molar-refractivity contribution < 1.29 is 8.42 Å². The van der Waals surface area contributed by atoms with Crippen LogP contribution in [-0.4, -0.2) is 23.0 Å². The number of sulfonamides is 1. The maximum atomic E-state index is 11.7. The monoisotopic (exact) mass is 404 g/mol. The molecule has 0 radical (unpaired) electrons. The number of rotatable bonds is 2. The SMILES string of the molecule is NS(=O)(=O)c1nn2c(-c3ccc4ccc5cccc6ccc3c4c56)cnc2s1. The van der Waals surface area contributed by atoms with Gasteiger partial charge < -0.3 is 0 Å².